The number of likely N-dealkylation sites (tertiary alicyclic amines) is 1. The van der Waals surface area contributed by atoms with Gasteiger partial charge in [-0.25, -0.2) is 14.8 Å². The highest BCUT2D eigenvalue weighted by Crippen LogP contribution is 2.18. The maximum absolute atomic E-state index is 13.0. The molecule has 1 aliphatic heterocycles. The minimum absolute atomic E-state index is 0.0970. The summed E-state index contributed by atoms with van der Waals surface area (Å²) in [6.07, 6.45) is 2.10. The van der Waals surface area contributed by atoms with E-state index in [2.05, 4.69) is 25.9 Å². The summed E-state index contributed by atoms with van der Waals surface area (Å²) in [7, 11) is 0. The highest BCUT2D eigenvalue weighted by atomic mass is 35.5. The number of rotatable bonds is 8. The van der Waals surface area contributed by atoms with Crippen molar-refractivity contribution in [2.75, 3.05) is 11.9 Å². The van der Waals surface area contributed by atoms with Gasteiger partial charge in [0.05, 0.1) is 0 Å². The molecule has 0 spiro atoms. The molecule has 0 saturated carbocycles. The number of aromatic nitrogens is 2. The monoisotopic (exact) mass is 500 g/mol. The number of carboxylic acids is 1. The Morgan fingerprint density at radius 3 is 2.57 bits per heavy atom. The summed E-state index contributed by atoms with van der Waals surface area (Å²) in [4.78, 5) is 59.3. The Bertz CT molecular complexity index is 1140. The van der Waals surface area contributed by atoms with Crippen molar-refractivity contribution in [2.45, 2.75) is 38.8 Å². The molecule has 11 nitrogen and oxygen atoms in total. The van der Waals surface area contributed by atoms with Crippen LogP contribution in [0.15, 0.2) is 48.3 Å². The molecule has 2 heterocycles. The Kier molecular flexibility index (Phi) is 8.37. The fourth-order valence-electron chi connectivity index (χ4n) is 3.55. The van der Waals surface area contributed by atoms with Crippen molar-refractivity contribution in [3.63, 3.8) is 0 Å². The SMILES string of the molecule is Cc1cc(Cl)nc(N/C=C(\NC(=O)c2ccccc2)C(=O)NC(C)C(=O)N2CCCC2C(=O)O)n1. The van der Waals surface area contributed by atoms with E-state index >= 15 is 0 Å². The molecule has 0 bridgehead atoms. The number of halogens is 1. The second-order valence-electron chi connectivity index (χ2n) is 7.90. The van der Waals surface area contributed by atoms with Crippen molar-refractivity contribution in [3.8, 4) is 0 Å². The summed E-state index contributed by atoms with van der Waals surface area (Å²) in [5.74, 6) is -2.85. The number of nitrogens with zero attached hydrogens (tertiary/aromatic N) is 3. The van der Waals surface area contributed by atoms with Crippen LogP contribution in [0.1, 0.15) is 35.8 Å². The van der Waals surface area contributed by atoms with Crippen LogP contribution in [0.5, 0.6) is 0 Å². The van der Waals surface area contributed by atoms with Gasteiger partial charge in [-0.2, -0.15) is 0 Å². The van der Waals surface area contributed by atoms with Crippen molar-refractivity contribution in [2.24, 2.45) is 0 Å². The lowest BCUT2D eigenvalue weighted by Crippen LogP contribution is -2.51. The molecule has 2 aromatic rings. The Morgan fingerprint density at radius 1 is 1.20 bits per heavy atom. The van der Waals surface area contributed by atoms with Crippen LogP contribution in [0.2, 0.25) is 5.15 Å². The Hall–Kier alpha value is -3.99. The van der Waals surface area contributed by atoms with E-state index < -0.39 is 35.8 Å². The minimum atomic E-state index is -1.09. The lowest BCUT2D eigenvalue weighted by Gasteiger charge is -2.25. The van der Waals surface area contributed by atoms with Crippen molar-refractivity contribution < 1.29 is 24.3 Å². The molecule has 0 aliphatic carbocycles. The molecular weight excluding hydrogens is 476 g/mol. The summed E-state index contributed by atoms with van der Waals surface area (Å²) < 4.78 is 0. The lowest BCUT2D eigenvalue weighted by molar-refractivity contribution is -0.149. The molecule has 1 saturated heterocycles. The number of aliphatic carboxylic acids is 1. The first-order valence-electron chi connectivity index (χ1n) is 10.8. The van der Waals surface area contributed by atoms with E-state index in [-0.39, 0.29) is 23.3 Å². The highest BCUT2D eigenvalue weighted by Gasteiger charge is 2.36. The summed E-state index contributed by atoms with van der Waals surface area (Å²) >= 11 is 5.95. The quantitative estimate of drug-likeness (QED) is 0.315. The average Bonchev–Trinajstić information content (AvgIpc) is 3.31. The van der Waals surface area contributed by atoms with Crippen molar-refractivity contribution in [3.05, 3.63) is 64.7 Å². The summed E-state index contributed by atoms with van der Waals surface area (Å²) in [5.41, 5.74) is 0.681. The molecule has 35 heavy (non-hydrogen) atoms. The van der Waals surface area contributed by atoms with Crippen molar-refractivity contribution >= 4 is 41.2 Å². The van der Waals surface area contributed by atoms with Crippen LogP contribution in [0, 0.1) is 6.92 Å². The molecule has 2 atom stereocenters. The molecule has 3 amide bonds. The van der Waals surface area contributed by atoms with Gasteiger partial charge in [-0.3, -0.25) is 14.4 Å². The number of anilines is 1. The van der Waals surface area contributed by atoms with Gasteiger partial charge in [-0.1, -0.05) is 29.8 Å². The molecule has 1 aromatic carbocycles. The predicted octanol–water partition coefficient (Wildman–Crippen LogP) is 1.70. The standard InChI is InChI=1S/C23H25ClN6O5/c1-13-11-18(24)29-23(26-13)25-12-16(28-19(31)15-7-4-3-5-8-15)20(32)27-14(2)21(33)30-10-6-9-17(30)22(34)35/h3-5,7-8,11-12,14,17H,6,9-10H2,1-2H3,(H,27,32)(H,28,31)(H,34,35)(H,25,26,29)/b16-12-. The van der Waals surface area contributed by atoms with Gasteiger partial charge in [-0.05, 0) is 44.9 Å². The molecule has 0 radical (unpaired) electrons. The van der Waals surface area contributed by atoms with Gasteiger partial charge in [0.25, 0.3) is 11.8 Å². The van der Waals surface area contributed by atoms with Gasteiger partial charge >= 0.3 is 5.97 Å². The minimum Gasteiger partial charge on any atom is -0.480 e. The summed E-state index contributed by atoms with van der Waals surface area (Å²) in [5, 5.41) is 17.3. The zero-order chi connectivity index (χ0) is 25.5. The summed E-state index contributed by atoms with van der Waals surface area (Å²) in [6, 6.07) is 7.83. The van der Waals surface area contributed by atoms with E-state index in [9.17, 15) is 24.3 Å². The van der Waals surface area contributed by atoms with Crippen LogP contribution in [-0.2, 0) is 14.4 Å². The number of carbonyl (C=O) groups excluding carboxylic acids is 3. The molecule has 1 aromatic heterocycles. The maximum Gasteiger partial charge on any atom is 0.326 e. The van der Waals surface area contributed by atoms with Gasteiger partial charge in [-0.15, -0.1) is 0 Å². The fraction of sp³-hybridized carbons (Fsp3) is 0.304. The molecule has 12 heteroatoms. The number of nitrogens with one attached hydrogen (secondary N) is 3. The van der Waals surface area contributed by atoms with E-state index in [4.69, 9.17) is 11.6 Å². The van der Waals surface area contributed by atoms with E-state index in [1.807, 2.05) is 0 Å². The van der Waals surface area contributed by atoms with Crippen LogP contribution in [0.3, 0.4) is 0 Å². The third-order valence-electron chi connectivity index (χ3n) is 5.24. The van der Waals surface area contributed by atoms with Gasteiger partial charge in [0.1, 0.15) is 22.9 Å². The number of hydrogen-bond donors (Lipinski definition) is 4. The Labute approximate surface area is 206 Å². The van der Waals surface area contributed by atoms with Crippen LogP contribution < -0.4 is 16.0 Å². The average molecular weight is 501 g/mol. The van der Waals surface area contributed by atoms with Crippen LogP contribution in [0.4, 0.5) is 5.95 Å². The second kappa shape index (κ2) is 11.4. The number of aryl methyl sites for hydroxylation is 1. The normalized spacial score (nSPS) is 16.4. The van der Waals surface area contributed by atoms with Crippen LogP contribution in [0.25, 0.3) is 0 Å². The number of carbonyl (C=O) groups is 4. The zero-order valence-corrected chi connectivity index (χ0v) is 19.9. The van der Waals surface area contributed by atoms with Crippen LogP contribution >= 0.6 is 11.6 Å². The van der Waals surface area contributed by atoms with E-state index in [1.54, 1.807) is 43.3 Å². The topological polar surface area (TPSA) is 154 Å². The molecule has 3 rings (SSSR count). The third kappa shape index (κ3) is 6.76. The first kappa shape index (κ1) is 25.6. The molecule has 1 fully saturated rings. The highest BCUT2D eigenvalue weighted by molar-refractivity contribution is 6.29. The van der Waals surface area contributed by atoms with E-state index in [0.29, 0.717) is 24.1 Å². The predicted molar refractivity (Wildman–Crippen MR) is 127 cm³/mol. The third-order valence-corrected chi connectivity index (χ3v) is 5.43. The number of hydrogen-bond acceptors (Lipinski definition) is 7. The number of benzene rings is 1. The van der Waals surface area contributed by atoms with E-state index in [0.717, 1.165) is 0 Å². The fourth-order valence-corrected chi connectivity index (χ4v) is 3.78. The van der Waals surface area contributed by atoms with Crippen molar-refractivity contribution in [1.82, 2.24) is 25.5 Å². The molecule has 184 valence electrons. The van der Waals surface area contributed by atoms with E-state index in [1.165, 1.54) is 18.0 Å². The lowest BCUT2D eigenvalue weighted by atomic mass is 10.2. The Morgan fingerprint density at radius 2 is 1.91 bits per heavy atom. The number of carboxylic acid groups (broad SMARTS) is 1. The maximum atomic E-state index is 13.0. The van der Waals surface area contributed by atoms with Crippen LogP contribution in [-0.4, -0.2) is 62.3 Å². The van der Waals surface area contributed by atoms with Gasteiger partial charge in [0.2, 0.25) is 11.9 Å². The van der Waals surface area contributed by atoms with Crippen molar-refractivity contribution in [1.29, 1.82) is 0 Å². The van der Waals surface area contributed by atoms with Gasteiger partial charge in [0.15, 0.2) is 0 Å². The largest absolute Gasteiger partial charge is 0.480 e. The first-order chi connectivity index (χ1) is 16.7. The Balaban J connectivity index is 1.78. The smallest absolute Gasteiger partial charge is 0.326 e. The molecule has 4 N–H and O–H groups in total. The van der Waals surface area contributed by atoms with Gasteiger partial charge in [0, 0.05) is 24.0 Å². The zero-order valence-electron chi connectivity index (χ0n) is 19.1. The summed E-state index contributed by atoms with van der Waals surface area (Å²) in [6.45, 7) is 3.45. The molecule has 2 unspecified atom stereocenters. The number of amides is 3. The molecular formula is C23H25ClN6O5. The second-order valence-corrected chi connectivity index (χ2v) is 8.29. The van der Waals surface area contributed by atoms with Gasteiger partial charge < -0.3 is 26.0 Å². The first-order valence-corrected chi connectivity index (χ1v) is 11.2. The molecule has 1 aliphatic rings.